The monoisotopic (exact) mass is 255 g/mol. The molecule has 0 aliphatic rings. The molecule has 0 amide bonds. The number of nitriles is 1. The van der Waals surface area contributed by atoms with Crippen LogP contribution in [-0.2, 0) is 0 Å². The van der Waals surface area contributed by atoms with Gasteiger partial charge in [0.25, 0.3) is 0 Å². The summed E-state index contributed by atoms with van der Waals surface area (Å²) >= 11 is 5.85. The van der Waals surface area contributed by atoms with E-state index in [2.05, 4.69) is 16.0 Å². The van der Waals surface area contributed by atoms with Gasteiger partial charge in [0.2, 0.25) is 0 Å². The normalized spacial score (nSPS) is 10.5. The van der Waals surface area contributed by atoms with Crippen LogP contribution >= 0.6 is 11.6 Å². The number of aromatic nitrogens is 2. The summed E-state index contributed by atoms with van der Waals surface area (Å²) in [5.74, 6) is 0.558. The molecule has 0 radical (unpaired) electrons. The number of hydrogen-bond acceptors (Lipinski definition) is 3. The predicted octanol–water partition coefficient (Wildman–Crippen LogP) is 3.48. The molecule has 0 aliphatic heterocycles. The standard InChI is InChI=1S/C14H10ClN3/c1-10-7-13(15)18-14(17-10)6-5-11-3-2-4-12(8-11)9-16/h2-8H,1H3. The SMILES string of the molecule is Cc1cc(Cl)nc(C=Cc2cccc(C#N)c2)n1. The van der Waals surface area contributed by atoms with Crippen LogP contribution in [-0.4, -0.2) is 9.97 Å². The zero-order valence-corrected chi connectivity index (χ0v) is 10.5. The molecule has 0 bridgehead atoms. The highest BCUT2D eigenvalue weighted by molar-refractivity contribution is 6.29. The van der Waals surface area contributed by atoms with Gasteiger partial charge in [0.05, 0.1) is 11.6 Å². The van der Waals surface area contributed by atoms with E-state index in [9.17, 15) is 0 Å². The van der Waals surface area contributed by atoms with Gasteiger partial charge < -0.3 is 0 Å². The second-order valence-corrected chi connectivity index (χ2v) is 4.15. The minimum Gasteiger partial charge on any atom is -0.234 e. The Hall–Kier alpha value is -2.18. The Kier molecular flexibility index (Phi) is 3.71. The third kappa shape index (κ3) is 3.16. The van der Waals surface area contributed by atoms with Gasteiger partial charge in [-0.1, -0.05) is 29.8 Å². The highest BCUT2D eigenvalue weighted by Crippen LogP contribution is 2.11. The molecule has 0 aliphatic carbocycles. The molecule has 0 saturated heterocycles. The van der Waals surface area contributed by atoms with E-state index in [1.807, 2.05) is 25.1 Å². The first-order chi connectivity index (χ1) is 8.67. The van der Waals surface area contributed by atoms with E-state index in [-0.39, 0.29) is 0 Å². The summed E-state index contributed by atoms with van der Waals surface area (Å²) in [4.78, 5) is 8.34. The molecule has 0 N–H and O–H groups in total. The van der Waals surface area contributed by atoms with Gasteiger partial charge >= 0.3 is 0 Å². The van der Waals surface area contributed by atoms with E-state index in [0.717, 1.165) is 11.3 Å². The van der Waals surface area contributed by atoms with Crippen LogP contribution in [0.15, 0.2) is 30.3 Å². The maximum atomic E-state index is 8.80. The number of nitrogens with zero attached hydrogens (tertiary/aromatic N) is 3. The smallest absolute Gasteiger partial charge is 0.153 e. The maximum Gasteiger partial charge on any atom is 0.153 e. The van der Waals surface area contributed by atoms with Crippen molar-refractivity contribution in [1.29, 1.82) is 5.26 Å². The third-order valence-corrected chi connectivity index (χ3v) is 2.47. The van der Waals surface area contributed by atoms with E-state index in [1.165, 1.54) is 0 Å². The molecule has 0 spiro atoms. The molecule has 0 fully saturated rings. The largest absolute Gasteiger partial charge is 0.234 e. The molecule has 3 nitrogen and oxygen atoms in total. The number of rotatable bonds is 2. The fourth-order valence-corrected chi connectivity index (χ4v) is 1.75. The lowest BCUT2D eigenvalue weighted by Gasteiger charge is -1.97. The first-order valence-corrected chi connectivity index (χ1v) is 5.74. The zero-order valence-electron chi connectivity index (χ0n) is 9.76. The van der Waals surface area contributed by atoms with Crippen LogP contribution in [0.1, 0.15) is 22.6 Å². The van der Waals surface area contributed by atoms with E-state index >= 15 is 0 Å². The second kappa shape index (κ2) is 5.44. The molecule has 0 unspecified atom stereocenters. The zero-order chi connectivity index (χ0) is 13.0. The molecule has 2 aromatic rings. The van der Waals surface area contributed by atoms with Crippen molar-refractivity contribution >= 4 is 23.8 Å². The van der Waals surface area contributed by atoms with Gasteiger partial charge in [-0.15, -0.1) is 0 Å². The van der Waals surface area contributed by atoms with Gasteiger partial charge in [0.15, 0.2) is 5.82 Å². The van der Waals surface area contributed by atoms with Crippen molar-refractivity contribution in [3.8, 4) is 6.07 Å². The summed E-state index contributed by atoms with van der Waals surface area (Å²) in [5, 5.41) is 9.23. The van der Waals surface area contributed by atoms with Crippen molar-refractivity contribution in [2.45, 2.75) is 6.92 Å². The molecular weight excluding hydrogens is 246 g/mol. The molecule has 1 aromatic carbocycles. The highest BCUT2D eigenvalue weighted by Gasteiger charge is 1.97. The lowest BCUT2D eigenvalue weighted by Crippen LogP contribution is -1.90. The number of benzene rings is 1. The summed E-state index contributed by atoms with van der Waals surface area (Å²) in [5.41, 5.74) is 2.37. The van der Waals surface area contributed by atoms with Crippen molar-refractivity contribution in [1.82, 2.24) is 9.97 Å². The Morgan fingerprint density at radius 3 is 2.78 bits per heavy atom. The Labute approximate surface area is 110 Å². The Balaban J connectivity index is 2.27. The molecule has 1 heterocycles. The molecule has 18 heavy (non-hydrogen) atoms. The van der Waals surface area contributed by atoms with Crippen LogP contribution < -0.4 is 0 Å². The van der Waals surface area contributed by atoms with Crippen molar-refractivity contribution in [2.24, 2.45) is 0 Å². The number of halogens is 1. The van der Waals surface area contributed by atoms with Crippen LogP contribution in [0.5, 0.6) is 0 Å². The fourth-order valence-electron chi connectivity index (χ4n) is 1.51. The average Bonchev–Trinajstić information content (AvgIpc) is 2.35. The Morgan fingerprint density at radius 1 is 1.22 bits per heavy atom. The Morgan fingerprint density at radius 2 is 2.06 bits per heavy atom. The van der Waals surface area contributed by atoms with E-state index < -0.39 is 0 Å². The van der Waals surface area contributed by atoms with Gasteiger partial charge in [-0.3, -0.25) is 0 Å². The molecule has 0 atom stereocenters. The summed E-state index contributed by atoms with van der Waals surface area (Å²) in [7, 11) is 0. The highest BCUT2D eigenvalue weighted by atomic mass is 35.5. The summed E-state index contributed by atoms with van der Waals surface area (Å²) in [6.45, 7) is 1.86. The topological polar surface area (TPSA) is 49.6 Å². The quantitative estimate of drug-likeness (QED) is 0.772. The molecule has 4 heteroatoms. The predicted molar refractivity (Wildman–Crippen MR) is 71.9 cm³/mol. The van der Waals surface area contributed by atoms with Crippen molar-refractivity contribution in [3.63, 3.8) is 0 Å². The van der Waals surface area contributed by atoms with Crippen LogP contribution in [0.25, 0.3) is 12.2 Å². The first kappa shape index (κ1) is 12.3. The van der Waals surface area contributed by atoms with Crippen molar-refractivity contribution in [3.05, 3.63) is 58.1 Å². The summed E-state index contributed by atoms with van der Waals surface area (Å²) < 4.78 is 0. The molecule has 88 valence electrons. The van der Waals surface area contributed by atoms with Crippen LogP contribution in [0.4, 0.5) is 0 Å². The van der Waals surface area contributed by atoms with Gasteiger partial charge in [0, 0.05) is 5.69 Å². The van der Waals surface area contributed by atoms with Crippen LogP contribution in [0.2, 0.25) is 5.15 Å². The molecule has 1 aromatic heterocycles. The number of aryl methyl sites for hydroxylation is 1. The average molecular weight is 256 g/mol. The first-order valence-electron chi connectivity index (χ1n) is 5.37. The third-order valence-electron chi connectivity index (χ3n) is 2.28. The lowest BCUT2D eigenvalue weighted by atomic mass is 10.1. The molecular formula is C14H10ClN3. The van der Waals surface area contributed by atoms with E-state index in [0.29, 0.717) is 16.5 Å². The maximum absolute atomic E-state index is 8.80. The van der Waals surface area contributed by atoms with E-state index in [4.69, 9.17) is 16.9 Å². The van der Waals surface area contributed by atoms with Crippen molar-refractivity contribution in [2.75, 3.05) is 0 Å². The van der Waals surface area contributed by atoms with Gasteiger partial charge in [0.1, 0.15) is 5.15 Å². The van der Waals surface area contributed by atoms with E-state index in [1.54, 1.807) is 24.3 Å². The van der Waals surface area contributed by atoms with Crippen LogP contribution in [0.3, 0.4) is 0 Å². The minimum atomic E-state index is 0.424. The van der Waals surface area contributed by atoms with Gasteiger partial charge in [-0.25, -0.2) is 9.97 Å². The van der Waals surface area contributed by atoms with Gasteiger partial charge in [-0.2, -0.15) is 5.26 Å². The Bertz CT molecular complexity index is 621. The lowest BCUT2D eigenvalue weighted by molar-refractivity contribution is 1.08. The summed E-state index contributed by atoms with van der Waals surface area (Å²) in [6.07, 6.45) is 3.63. The second-order valence-electron chi connectivity index (χ2n) is 3.76. The van der Waals surface area contributed by atoms with Crippen molar-refractivity contribution < 1.29 is 0 Å². The van der Waals surface area contributed by atoms with Gasteiger partial charge in [-0.05, 0) is 36.8 Å². The molecule has 0 saturated carbocycles. The fraction of sp³-hybridized carbons (Fsp3) is 0.0714. The van der Waals surface area contributed by atoms with Crippen LogP contribution in [0, 0.1) is 18.3 Å². The minimum absolute atomic E-state index is 0.424. The molecule has 2 rings (SSSR count). The number of hydrogen-bond donors (Lipinski definition) is 0. The summed E-state index contributed by atoms with van der Waals surface area (Å²) in [6, 6.07) is 11.1.